The molecule has 0 rings (SSSR count). The minimum atomic E-state index is -0.352. The van der Waals surface area contributed by atoms with E-state index in [1.165, 1.54) is 64.2 Å². The van der Waals surface area contributed by atoms with E-state index in [0.29, 0.717) is 12.8 Å². The van der Waals surface area contributed by atoms with Crippen LogP contribution in [-0.4, -0.2) is 11.9 Å². The van der Waals surface area contributed by atoms with Crippen molar-refractivity contribution in [2.75, 3.05) is 0 Å². The third-order valence-corrected chi connectivity index (χ3v) is 4.65. The van der Waals surface area contributed by atoms with E-state index in [4.69, 9.17) is 4.74 Å². The number of carbonyl (C=O) groups excluding carboxylic acids is 2. The fraction of sp³-hybridized carbons (Fsp3) is 0.917. The summed E-state index contributed by atoms with van der Waals surface area (Å²) >= 11 is 0. The summed E-state index contributed by atoms with van der Waals surface area (Å²) in [6.45, 7) is 8.83. The summed E-state index contributed by atoms with van der Waals surface area (Å²) in [7, 11) is 0. The molecule has 0 amide bonds. The Hall–Kier alpha value is -0.860. The highest BCUT2D eigenvalue weighted by molar-refractivity contribution is 5.85. The summed E-state index contributed by atoms with van der Waals surface area (Å²) < 4.78 is 4.79. The molecule has 3 heteroatoms. The van der Waals surface area contributed by atoms with Gasteiger partial charge in [-0.15, -0.1) is 0 Å². The van der Waals surface area contributed by atoms with E-state index in [1.807, 2.05) is 0 Å². The number of rotatable bonds is 17. The zero-order chi connectivity index (χ0) is 20.6. The predicted molar refractivity (Wildman–Crippen MR) is 117 cm³/mol. The molecule has 0 saturated carbocycles. The molecule has 0 aromatic heterocycles. The minimum absolute atomic E-state index is 0.352. The van der Waals surface area contributed by atoms with Crippen molar-refractivity contribution in [1.29, 1.82) is 0 Å². The third kappa shape index (κ3) is 27.5. The molecule has 0 radical (unpaired) electrons. The van der Waals surface area contributed by atoms with Crippen molar-refractivity contribution in [2.45, 2.75) is 143 Å². The van der Waals surface area contributed by atoms with E-state index >= 15 is 0 Å². The van der Waals surface area contributed by atoms with Gasteiger partial charge < -0.3 is 4.74 Å². The summed E-state index contributed by atoms with van der Waals surface area (Å²) in [5.74, 6) is -0.704. The molecule has 0 heterocycles. The van der Waals surface area contributed by atoms with Crippen molar-refractivity contribution < 1.29 is 14.3 Å². The maximum atomic E-state index is 11.4. The molecule has 3 nitrogen and oxygen atoms in total. The van der Waals surface area contributed by atoms with Gasteiger partial charge in [-0.3, -0.25) is 9.59 Å². The Bertz CT molecular complexity index is 283. The van der Waals surface area contributed by atoms with Crippen LogP contribution in [0.15, 0.2) is 0 Å². The standard InChI is InChI=1S/C16H30O3.C8H18/c1-3-5-7-9-11-13-15(17)19-16(18)14-12-10-8-6-4-2;1-3-5-7-8-6-4-2/h3-14H2,1-2H3;3-8H2,1-2H3. The third-order valence-electron chi connectivity index (χ3n) is 4.65. The van der Waals surface area contributed by atoms with Crippen LogP contribution in [0.2, 0.25) is 0 Å². The predicted octanol–water partition coefficient (Wildman–Crippen LogP) is 8.14. The molecular formula is C24H48O3. The second kappa shape index (κ2) is 25.1. The van der Waals surface area contributed by atoms with Crippen molar-refractivity contribution in [3.05, 3.63) is 0 Å². The summed E-state index contributed by atoms with van der Waals surface area (Å²) in [6, 6.07) is 0. The fourth-order valence-corrected chi connectivity index (χ4v) is 2.83. The molecule has 0 spiro atoms. The Morgan fingerprint density at radius 3 is 0.963 bits per heavy atom. The van der Waals surface area contributed by atoms with Crippen LogP contribution < -0.4 is 0 Å². The van der Waals surface area contributed by atoms with Crippen molar-refractivity contribution in [1.82, 2.24) is 0 Å². The second-order valence-electron chi connectivity index (χ2n) is 7.59. The summed E-state index contributed by atoms with van der Waals surface area (Å²) in [4.78, 5) is 22.8. The molecule has 0 unspecified atom stereocenters. The fourth-order valence-electron chi connectivity index (χ4n) is 2.83. The first-order chi connectivity index (χ1) is 13.1. The van der Waals surface area contributed by atoms with E-state index in [1.54, 1.807) is 0 Å². The maximum absolute atomic E-state index is 11.4. The van der Waals surface area contributed by atoms with Gasteiger partial charge in [0.15, 0.2) is 0 Å². The van der Waals surface area contributed by atoms with Crippen LogP contribution >= 0.6 is 0 Å². The van der Waals surface area contributed by atoms with E-state index in [2.05, 4.69) is 27.7 Å². The molecule has 0 aromatic carbocycles. The SMILES string of the molecule is CCCCCCCC.CCCCCCCC(=O)OC(=O)CCCCCCC. The molecule has 0 aromatic rings. The average Bonchev–Trinajstić information content (AvgIpc) is 2.65. The monoisotopic (exact) mass is 384 g/mol. The highest BCUT2D eigenvalue weighted by Gasteiger charge is 2.09. The molecule has 0 aliphatic carbocycles. The van der Waals surface area contributed by atoms with Crippen molar-refractivity contribution in [2.24, 2.45) is 0 Å². The molecular weight excluding hydrogens is 336 g/mol. The van der Waals surface area contributed by atoms with E-state index < -0.39 is 0 Å². The van der Waals surface area contributed by atoms with Crippen molar-refractivity contribution in [3.63, 3.8) is 0 Å². The number of ether oxygens (including phenoxy) is 1. The zero-order valence-electron chi connectivity index (χ0n) is 19.0. The van der Waals surface area contributed by atoms with Crippen LogP contribution in [0.4, 0.5) is 0 Å². The first kappa shape index (κ1) is 28.4. The molecule has 162 valence electrons. The molecule has 27 heavy (non-hydrogen) atoms. The van der Waals surface area contributed by atoms with E-state index in [0.717, 1.165) is 38.5 Å². The van der Waals surface area contributed by atoms with Gasteiger partial charge in [-0.2, -0.15) is 0 Å². The van der Waals surface area contributed by atoms with Crippen LogP contribution in [0.3, 0.4) is 0 Å². The van der Waals surface area contributed by atoms with Gasteiger partial charge >= 0.3 is 11.9 Å². The van der Waals surface area contributed by atoms with Gasteiger partial charge in [0.05, 0.1) is 0 Å². The summed E-state index contributed by atoms with van der Waals surface area (Å²) in [5.41, 5.74) is 0. The Labute approximate surface area is 170 Å². The smallest absolute Gasteiger partial charge is 0.313 e. The topological polar surface area (TPSA) is 43.4 Å². The Morgan fingerprint density at radius 1 is 0.444 bits per heavy atom. The van der Waals surface area contributed by atoms with Gasteiger partial charge in [0, 0.05) is 12.8 Å². The quantitative estimate of drug-likeness (QED) is 0.144. The number of hydrogen-bond donors (Lipinski definition) is 0. The Kier molecular flexibility index (Phi) is 26.4. The van der Waals surface area contributed by atoms with Gasteiger partial charge in [-0.05, 0) is 12.8 Å². The lowest BCUT2D eigenvalue weighted by atomic mass is 10.1. The van der Waals surface area contributed by atoms with E-state index in [-0.39, 0.29) is 11.9 Å². The number of esters is 2. The Morgan fingerprint density at radius 2 is 0.704 bits per heavy atom. The van der Waals surface area contributed by atoms with Crippen LogP contribution in [0.5, 0.6) is 0 Å². The van der Waals surface area contributed by atoms with Crippen LogP contribution in [0.25, 0.3) is 0 Å². The molecule has 0 bridgehead atoms. The van der Waals surface area contributed by atoms with Gasteiger partial charge in [-0.1, -0.05) is 118 Å². The minimum Gasteiger partial charge on any atom is -0.393 e. The van der Waals surface area contributed by atoms with E-state index in [9.17, 15) is 9.59 Å². The second-order valence-corrected chi connectivity index (χ2v) is 7.59. The summed E-state index contributed by atoms with van der Waals surface area (Å²) in [6.07, 6.45) is 20.2. The summed E-state index contributed by atoms with van der Waals surface area (Å²) in [5, 5.41) is 0. The lowest BCUT2D eigenvalue weighted by Gasteiger charge is -2.03. The van der Waals surface area contributed by atoms with Crippen molar-refractivity contribution >= 4 is 11.9 Å². The number of hydrogen-bond acceptors (Lipinski definition) is 3. The molecule has 0 N–H and O–H groups in total. The maximum Gasteiger partial charge on any atom is 0.313 e. The van der Waals surface area contributed by atoms with Gasteiger partial charge in [-0.25, -0.2) is 0 Å². The number of unbranched alkanes of at least 4 members (excludes halogenated alkanes) is 13. The molecule has 0 saturated heterocycles. The first-order valence-electron chi connectivity index (χ1n) is 11.9. The molecule has 0 aliphatic heterocycles. The normalized spacial score (nSPS) is 10.2. The van der Waals surface area contributed by atoms with Crippen LogP contribution in [-0.2, 0) is 14.3 Å². The highest BCUT2D eigenvalue weighted by Crippen LogP contribution is 2.08. The molecule has 0 atom stereocenters. The van der Waals surface area contributed by atoms with Crippen molar-refractivity contribution in [3.8, 4) is 0 Å². The van der Waals surface area contributed by atoms with Gasteiger partial charge in [0.1, 0.15) is 0 Å². The largest absolute Gasteiger partial charge is 0.393 e. The lowest BCUT2D eigenvalue weighted by molar-refractivity contribution is -0.159. The highest BCUT2D eigenvalue weighted by atomic mass is 16.6. The van der Waals surface area contributed by atoms with Gasteiger partial charge in [0.2, 0.25) is 0 Å². The molecule has 0 aliphatic rings. The zero-order valence-corrected chi connectivity index (χ0v) is 19.0. The average molecular weight is 385 g/mol. The first-order valence-corrected chi connectivity index (χ1v) is 11.9. The lowest BCUT2D eigenvalue weighted by Crippen LogP contribution is -2.11. The Balaban J connectivity index is 0. The number of carbonyl (C=O) groups is 2. The van der Waals surface area contributed by atoms with Gasteiger partial charge in [0.25, 0.3) is 0 Å². The van der Waals surface area contributed by atoms with Crippen LogP contribution in [0.1, 0.15) is 143 Å². The van der Waals surface area contributed by atoms with Crippen LogP contribution in [0, 0.1) is 0 Å². The molecule has 0 fully saturated rings.